The van der Waals surface area contributed by atoms with Crippen LogP contribution in [-0.4, -0.2) is 33.5 Å². The first-order valence-electron chi connectivity index (χ1n) is 13.0. The number of hydrogen-bond acceptors (Lipinski definition) is 5. The smallest absolute Gasteiger partial charge is 0.305 e. The zero-order chi connectivity index (χ0) is 29.1. The highest BCUT2D eigenvalue weighted by Crippen LogP contribution is 2.35. The number of carboxylic acids is 1. The second kappa shape index (κ2) is 11.5. The fourth-order valence-corrected chi connectivity index (χ4v) is 4.80. The number of nitrogens with zero attached hydrogens (tertiary/aromatic N) is 2. The molecule has 1 unspecified atom stereocenters. The molecular formula is C32H29FN4O4. The summed E-state index contributed by atoms with van der Waals surface area (Å²) in [6.45, 7) is 4.03. The van der Waals surface area contributed by atoms with Crippen LogP contribution in [0.5, 0.6) is 5.75 Å². The molecule has 1 amide bonds. The molecule has 0 fully saturated rings. The number of fused-ring (bicyclic) bond motifs is 1. The Kier molecular flexibility index (Phi) is 7.69. The number of aliphatic carboxylic acids is 1. The van der Waals surface area contributed by atoms with Crippen molar-refractivity contribution < 1.29 is 23.8 Å². The van der Waals surface area contributed by atoms with Crippen LogP contribution in [0.3, 0.4) is 0 Å². The van der Waals surface area contributed by atoms with Crippen LogP contribution < -0.4 is 15.4 Å². The monoisotopic (exact) mass is 552 g/mol. The van der Waals surface area contributed by atoms with Gasteiger partial charge in [-0.3, -0.25) is 14.0 Å². The predicted octanol–water partition coefficient (Wildman–Crippen LogP) is 6.46. The van der Waals surface area contributed by atoms with Crippen LogP contribution in [0.25, 0.3) is 16.9 Å². The van der Waals surface area contributed by atoms with E-state index in [1.165, 1.54) is 24.3 Å². The van der Waals surface area contributed by atoms with Crippen molar-refractivity contribution in [3.05, 3.63) is 113 Å². The van der Waals surface area contributed by atoms with Gasteiger partial charge in [-0.15, -0.1) is 0 Å². The van der Waals surface area contributed by atoms with E-state index in [9.17, 15) is 19.1 Å². The van der Waals surface area contributed by atoms with Crippen LogP contribution in [0.1, 0.15) is 39.5 Å². The normalized spacial score (nSPS) is 11.7. The van der Waals surface area contributed by atoms with E-state index >= 15 is 0 Å². The van der Waals surface area contributed by atoms with Crippen LogP contribution in [-0.2, 0) is 4.79 Å². The highest BCUT2D eigenvalue weighted by Gasteiger charge is 2.24. The molecule has 9 heteroatoms. The van der Waals surface area contributed by atoms with Crippen molar-refractivity contribution in [2.75, 3.05) is 12.4 Å². The molecule has 0 radical (unpaired) electrons. The number of benzene rings is 3. The lowest BCUT2D eigenvalue weighted by Crippen LogP contribution is -2.30. The first-order valence-corrected chi connectivity index (χ1v) is 13.0. The Hall–Kier alpha value is -5.18. The lowest BCUT2D eigenvalue weighted by Gasteiger charge is -2.18. The molecule has 0 aliphatic carbocycles. The summed E-state index contributed by atoms with van der Waals surface area (Å²) in [7, 11) is 1.60. The van der Waals surface area contributed by atoms with Gasteiger partial charge in [0.25, 0.3) is 5.91 Å². The Labute approximate surface area is 236 Å². The number of aromatic nitrogens is 2. The summed E-state index contributed by atoms with van der Waals surface area (Å²) in [4.78, 5) is 30.1. The van der Waals surface area contributed by atoms with Gasteiger partial charge in [0.05, 0.1) is 25.1 Å². The lowest BCUT2D eigenvalue weighted by molar-refractivity contribution is -0.137. The summed E-state index contributed by atoms with van der Waals surface area (Å²) < 4.78 is 20.6. The molecule has 8 nitrogen and oxygen atoms in total. The van der Waals surface area contributed by atoms with Gasteiger partial charge in [-0.25, -0.2) is 9.37 Å². The number of para-hydroxylation sites is 1. The number of methoxy groups -OCH3 is 1. The van der Waals surface area contributed by atoms with E-state index in [2.05, 4.69) is 10.6 Å². The third-order valence-corrected chi connectivity index (χ3v) is 6.94. The number of nitrogens with one attached hydrogen (secondary N) is 2. The Morgan fingerprint density at radius 3 is 2.29 bits per heavy atom. The summed E-state index contributed by atoms with van der Waals surface area (Å²) in [5.74, 6) is -0.687. The Morgan fingerprint density at radius 2 is 1.66 bits per heavy atom. The number of aryl methyl sites for hydroxylation is 2. The Bertz CT molecular complexity index is 1710. The van der Waals surface area contributed by atoms with Gasteiger partial charge < -0.3 is 20.5 Å². The largest absolute Gasteiger partial charge is 0.497 e. The van der Waals surface area contributed by atoms with E-state index in [0.717, 1.165) is 22.4 Å². The fourth-order valence-electron chi connectivity index (χ4n) is 4.80. The minimum Gasteiger partial charge on any atom is -0.497 e. The quantitative estimate of drug-likeness (QED) is 0.194. The second-order valence-corrected chi connectivity index (χ2v) is 9.72. The van der Waals surface area contributed by atoms with Crippen LogP contribution in [0.2, 0.25) is 0 Å². The minimum absolute atomic E-state index is 0.259. The average Bonchev–Trinajstić information content (AvgIpc) is 3.33. The molecule has 0 aliphatic rings. The first kappa shape index (κ1) is 27.4. The van der Waals surface area contributed by atoms with Crippen molar-refractivity contribution in [3.63, 3.8) is 0 Å². The molecule has 3 N–H and O–H groups in total. The standard InChI is InChI=1S/C32H29FN4O4/c1-19-6-4-7-20(2)28(19)35-31-29(22-11-15-24(41-3)16-12-22)36-30-25(8-5-17-37(30)31)32(40)34-26(18-27(38)39)21-9-13-23(33)14-10-21/h4-17,26,35H,18H2,1-3H3,(H,34,40)(H,38,39). The van der Waals surface area contributed by atoms with E-state index in [1.54, 1.807) is 19.2 Å². The number of halogens is 1. The number of amides is 1. The summed E-state index contributed by atoms with van der Waals surface area (Å²) in [6, 6.07) is 21.4. The van der Waals surface area contributed by atoms with Crippen molar-refractivity contribution in [2.24, 2.45) is 0 Å². The maximum absolute atomic E-state index is 13.6. The molecule has 208 valence electrons. The molecule has 5 rings (SSSR count). The number of pyridine rings is 1. The van der Waals surface area contributed by atoms with Crippen molar-refractivity contribution in [1.29, 1.82) is 0 Å². The van der Waals surface area contributed by atoms with Crippen LogP contribution in [0.15, 0.2) is 85.1 Å². The predicted molar refractivity (Wildman–Crippen MR) is 155 cm³/mol. The van der Waals surface area contributed by atoms with Gasteiger partial charge in [-0.1, -0.05) is 30.3 Å². The number of rotatable bonds is 9. The minimum atomic E-state index is -1.10. The maximum Gasteiger partial charge on any atom is 0.305 e. The number of carboxylic acid groups (broad SMARTS) is 1. The summed E-state index contributed by atoms with van der Waals surface area (Å²) in [6.07, 6.45) is 1.45. The number of carbonyl (C=O) groups is 2. The molecule has 0 saturated heterocycles. The molecule has 2 aromatic heterocycles. The van der Waals surface area contributed by atoms with Crippen LogP contribution >= 0.6 is 0 Å². The zero-order valence-electron chi connectivity index (χ0n) is 22.8. The van der Waals surface area contributed by atoms with Gasteiger partial charge in [0, 0.05) is 17.4 Å². The third kappa shape index (κ3) is 5.74. The third-order valence-electron chi connectivity index (χ3n) is 6.94. The highest BCUT2D eigenvalue weighted by molar-refractivity contribution is 6.01. The van der Waals surface area contributed by atoms with Crippen molar-refractivity contribution in [1.82, 2.24) is 14.7 Å². The van der Waals surface area contributed by atoms with E-state index in [-0.39, 0.29) is 12.0 Å². The van der Waals surface area contributed by atoms with Gasteiger partial charge in [0.1, 0.15) is 23.1 Å². The number of hydrogen-bond donors (Lipinski definition) is 3. The highest BCUT2D eigenvalue weighted by atomic mass is 19.1. The Balaban J connectivity index is 1.61. The summed E-state index contributed by atoms with van der Waals surface area (Å²) >= 11 is 0. The van der Waals surface area contributed by atoms with E-state index in [4.69, 9.17) is 9.72 Å². The van der Waals surface area contributed by atoms with Gasteiger partial charge in [0.15, 0.2) is 5.65 Å². The number of ether oxygens (including phenoxy) is 1. The lowest BCUT2D eigenvalue weighted by atomic mass is 10.0. The molecule has 0 bridgehead atoms. The van der Waals surface area contributed by atoms with Gasteiger partial charge >= 0.3 is 5.97 Å². The fraction of sp³-hybridized carbons (Fsp3) is 0.156. The topological polar surface area (TPSA) is 105 Å². The molecule has 2 heterocycles. The molecule has 1 atom stereocenters. The average molecular weight is 553 g/mol. The summed E-state index contributed by atoms with van der Waals surface area (Å²) in [5, 5.41) is 15.8. The van der Waals surface area contributed by atoms with Crippen LogP contribution in [0.4, 0.5) is 15.9 Å². The zero-order valence-corrected chi connectivity index (χ0v) is 22.8. The molecule has 41 heavy (non-hydrogen) atoms. The molecule has 0 spiro atoms. The molecular weight excluding hydrogens is 523 g/mol. The van der Waals surface area contributed by atoms with E-state index < -0.39 is 23.7 Å². The number of carbonyl (C=O) groups excluding carboxylic acids is 1. The van der Waals surface area contributed by atoms with Crippen molar-refractivity contribution >= 4 is 29.0 Å². The number of anilines is 2. The molecule has 5 aromatic rings. The first-order chi connectivity index (χ1) is 19.7. The van der Waals surface area contributed by atoms with Gasteiger partial charge in [-0.2, -0.15) is 0 Å². The summed E-state index contributed by atoms with van der Waals surface area (Å²) in [5.41, 5.74) is 5.58. The molecule has 0 aliphatic heterocycles. The molecule has 0 saturated carbocycles. The maximum atomic E-state index is 13.6. The van der Waals surface area contributed by atoms with Gasteiger partial charge in [-0.05, 0) is 79.1 Å². The van der Waals surface area contributed by atoms with E-state index in [0.29, 0.717) is 28.5 Å². The Morgan fingerprint density at radius 1 is 0.976 bits per heavy atom. The van der Waals surface area contributed by atoms with Gasteiger partial charge in [0.2, 0.25) is 0 Å². The van der Waals surface area contributed by atoms with E-state index in [1.807, 2.05) is 66.9 Å². The second-order valence-electron chi connectivity index (χ2n) is 9.72. The van der Waals surface area contributed by atoms with Crippen molar-refractivity contribution in [2.45, 2.75) is 26.3 Å². The molecule has 3 aromatic carbocycles. The number of imidazole rings is 1. The van der Waals surface area contributed by atoms with Crippen LogP contribution in [0, 0.1) is 19.7 Å². The van der Waals surface area contributed by atoms with Crippen molar-refractivity contribution in [3.8, 4) is 17.0 Å². The SMILES string of the molecule is COc1ccc(-c2nc3c(C(=O)NC(CC(=O)O)c4ccc(F)cc4)cccn3c2Nc2c(C)cccc2C)cc1.